The standard InChI is InChI=1S/C23H24N2O2S/c1-18-11-15-23(16-12-18)28(26,27)25-22(14-13-20-8-4-3-5-9-20)17-21-10-6-7-19(2)24-21/h3-16,22,25H,17H2,1-2H3/b14-13+. The summed E-state index contributed by atoms with van der Waals surface area (Å²) < 4.78 is 28.5. The first-order valence-electron chi connectivity index (χ1n) is 9.17. The van der Waals surface area contributed by atoms with E-state index in [1.165, 1.54) is 0 Å². The average molecular weight is 393 g/mol. The zero-order valence-corrected chi connectivity index (χ0v) is 16.9. The molecule has 0 saturated carbocycles. The van der Waals surface area contributed by atoms with E-state index in [9.17, 15) is 8.42 Å². The van der Waals surface area contributed by atoms with Gasteiger partial charge in [-0.2, -0.15) is 0 Å². The fraction of sp³-hybridized carbons (Fsp3) is 0.174. The van der Waals surface area contributed by atoms with Gasteiger partial charge in [-0.3, -0.25) is 4.98 Å². The molecule has 0 aliphatic carbocycles. The molecule has 28 heavy (non-hydrogen) atoms. The van der Waals surface area contributed by atoms with Crippen LogP contribution in [-0.2, 0) is 16.4 Å². The molecule has 0 bridgehead atoms. The molecule has 1 atom stereocenters. The molecule has 1 N–H and O–H groups in total. The number of nitrogens with zero attached hydrogens (tertiary/aromatic N) is 1. The van der Waals surface area contributed by atoms with E-state index in [1.807, 2.05) is 74.5 Å². The van der Waals surface area contributed by atoms with Crippen molar-refractivity contribution in [1.29, 1.82) is 0 Å². The molecular weight excluding hydrogens is 368 g/mol. The highest BCUT2D eigenvalue weighted by Crippen LogP contribution is 2.13. The summed E-state index contributed by atoms with van der Waals surface area (Å²) in [4.78, 5) is 4.77. The van der Waals surface area contributed by atoms with E-state index in [0.717, 1.165) is 22.5 Å². The van der Waals surface area contributed by atoms with Gasteiger partial charge in [0, 0.05) is 23.9 Å². The van der Waals surface area contributed by atoms with Crippen LogP contribution in [0.1, 0.15) is 22.5 Å². The minimum absolute atomic E-state index is 0.258. The molecule has 1 unspecified atom stereocenters. The fourth-order valence-electron chi connectivity index (χ4n) is 2.86. The highest BCUT2D eigenvalue weighted by Gasteiger charge is 2.19. The van der Waals surface area contributed by atoms with Crippen molar-refractivity contribution in [3.8, 4) is 0 Å². The third kappa shape index (κ3) is 5.62. The Morgan fingerprint density at radius 2 is 1.64 bits per heavy atom. The molecule has 1 heterocycles. The first-order valence-corrected chi connectivity index (χ1v) is 10.7. The summed E-state index contributed by atoms with van der Waals surface area (Å²) in [6.07, 6.45) is 4.28. The number of nitrogens with one attached hydrogen (secondary N) is 1. The number of hydrogen-bond donors (Lipinski definition) is 1. The summed E-state index contributed by atoms with van der Waals surface area (Å²) in [7, 11) is -3.64. The second-order valence-corrected chi connectivity index (χ2v) is 8.50. The van der Waals surface area contributed by atoms with Crippen LogP contribution in [0.4, 0.5) is 0 Å². The summed E-state index contributed by atoms with van der Waals surface area (Å²) in [5.74, 6) is 0. The van der Waals surface area contributed by atoms with E-state index in [-0.39, 0.29) is 4.90 Å². The summed E-state index contributed by atoms with van der Waals surface area (Å²) in [5.41, 5.74) is 3.78. The molecule has 1 aromatic heterocycles. The topological polar surface area (TPSA) is 59.1 Å². The maximum atomic E-state index is 12.9. The molecule has 0 amide bonds. The van der Waals surface area contributed by atoms with E-state index in [4.69, 9.17) is 0 Å². The van der Waals surface area contributed by atoms with Gasteiger partial charge in [0.15, 0.2) is 0 Å². The zero-order chi connectivity index (χ0) is 20.0. The molecule has 0 aliphatic rings. The van der Waals surface area contributed by atoms with Gasteiger partial charge in [-0.1, -0.05) is 66.2 Å². The lowest BCUT2D eigenvalue weighted by Crippen LogP contribution is -2.35. The summed E-state index contributed by atoms with van der Waals surface area (Å²) in [6.45, 7) is 3.85. The predicted molar refractivity (Wildman–Crippen MR) is 113 cm³/mol. The molecule has 0 radical (unpaired) electrons. The Kier molecular flexibility index (Phi) is 6.39. The summed E-state index contributed by atoms with van der Waals surface area (Å²) in [5, 5.41) is 0. The lowest BCUT2D eigenvalue weighted by Gasteiger charge is -2.16. The number of aryl methyl sites for hydroxylation is 2. The highest BCUT2D eigenvalue weighted by molar-refractivity contribution is 7.89. The largest absolute Gasteiger partial charge is 0.258 e. The van der Waals surface area contributed by atoms with E-state index in [0.29, 0.717) is 6.42 Å². The first-order chi connectivity index (χ1) is 13.4. The van der Waals surface area contributed by atoms with Crippen LogP contribution < -0.4 is 4.72 Å². The Morgan fingerprint density at radius 1 is 0.929 bits per heavy atom. The van der Waals surface area contributed by atoms with Crippen LogP contribution in [-0.4, -0.2) is 19.4 Å². The zero-order valence-electron chi connectivity index (χ0n) is 16.0. The van der Waals surface area contributed by atoms with Crippen LogP contribution >= 0.6 is 0 Å². The van der Waals surface area contributed by atoms with Crippen molar-refractivity contribution < 1.29 is 8.42 Å². The number of hydrogen-bond acceptors (Lipinski definition) is 3. The quantitative estimate of drug-likeness (QED) is 0.652. The van der Waals surface area contributed by atoms with Gasteiger partial charge in [-0.05, 0) is 43.7 Å². The summed E-state index contributed by atoms with van der Waals surface area (Å²) in [6, 6.07) is 22.0. The first kappa shape index (κ1) is 20.0. The van der Waals surface area contributed by atoms with Crippen LogP contribution in [0, 0.1) is 13.8 Å². The molecule has 144 valence electrons. The summed E-state index contributed by atoms with van der Waals surface area (Å²) >= 11 is 0. The van der Waals surface area contributed by atoms with Crippen molar-refractivity contribution >= 4 is 16.1 Å². The van der Waals surface area contributed by atoms with Gasteiger partial charge in [-0.15, -0.1) is 0 Å². The Bertz CT molecular complexity index is 1040. The smallest absolute Gasteiger partial charge is 0.241 e. The van der Waals surface area contributed by atoms with Crippen LogP contribution in [0.3, 0.4) is 0 Å². The highest BCUT2D eigenvalue weighted by atomic mass is 32.2. The van der Waals surface area contributed by atoms with E-state index < -0.39 is 16.1 Å². The lowest BCUT2D eigenvalue weighted by molar-refractivity contribution is 0.569. The lowest BCUT2D eigenvalue weighted by atomic mass is 10.1. The molecular formula is C23H24N2O2S. The van der Waals surface area contributed by atoms with Crippen molar-refractivity contribution in [3.63, 3.8) is 0 Å². The number of sulfonamides is 1. The third-order valence-corrected chi connectivity index (χ3v) is 5.84. The molecule has 3 rings (SSSR count). The Hall–Kier alpha value is -2.76. The van der Waals surface area contributed by atoms with Gasteiger partial charge in [0.05, 0.1) is 4.90 Å². The Balaban J connectivity index is 1.86. The molecule has 4 nitrogen and oxygen atoms in total. The van der Waals surface area contributed by atoms with Crippen molar-refractivity contribution in [2.75, 3.05) is 0 Å². The van der Waals surface area contributed by atoms with Gasteiger partial charge < -0.3 is 0 Å². The molecule has 2 aromatic carbocycles. The normalized spacial score (nSPS) is 12.9. The van der Waals surface area contributed by atoms with Gasteiger partial charge in [0.1, 0.15) is 0 Å². The maximum Gasteiger partial charge on any atom is 0.241 e. The van der Waals surface area contributed by atoms with E-state index in [1.54, 1.807) is 24.3 Å². The molecule has 0 aliphatic heterocycles. The predicted octanol–water partition coefficient (Wildman–Crippen LogP) is 4.30. The van der Waals surface area contributed by atoms with Crippen molar-refractivity contribution in [3.05, 3.63) is 101 Å². The molecule has 3 aromatic rings. The number of benzene rings is 2. The number of rotatable bonds is 7. The molecule has 0 fully saturated rings. The van der Waals surface area contributed by atoms with Crippen molar-refractivity contribution in [1.82, 2.24) is 9.71 Å². The SMILES string of the molecule is Cc1ccc(S(=O)(=O)NC(/C=C/c2ccccc2)Cc2cccc(C)n2)cc1. The van der Waals surface area contributed by atoms with Crippen LogP contribution in [0.5, 0.6) is 0 Å². The third-order valence-electron chi connectivity index (χ3n) is 4.33. The van der Waals surface area contributed by atoms with Gasteiger partial charge in [0.2, 0.25) is 10.0 Å². The van der Waals surface area contributed by atoms with Crippen LogP contribution in [0.2, 0.25) is 0 Å². The van der Waals surface area contributed by atoms with Gasteiger partial charge >= 0.3 is 0 Å². The fourth-order valence-corrected chi connectivity index (χ4v) is 4.05. The Labute approximate surface area is 167 Å². The minimum Gasteiger partial charge on any atom is -0.258 e. The maximum absolute atomic E-state index is 12.9. The van der Waals surface area contributed by atoms with E-state index in [2.05, 4.69) is 9.71 Å². The molecule has 0 saturated heterocycles. The average Bonchev–Trinajstić information content (AvgIpc) is 2.67. The van der Waals surface area contributed by atoms with Crippen molar-refractivity contribution in [2.45, 2.75) is 31.2 Å². The molecule has 0 spiro atoms. The minimum atomic E-state index is -3.64. The van der Waals surface area contributed by atoms with Crippen LogP contribution in [0.15, 0.2) is 83.8 Å². The second-order valence-electron chi connectivity index (χ2n) is 6.79. The van der Waals surface area contributed by atoms with Gasteiger partial charge in [-0.25, -0.2) is 13.1 Å². The van der Waals surface area contributed by atoms with Gasteiger partial charge in [0.25, 0.3) is 0 Å². The van der Waals surface area contributed by atoms with E-state index >= 15 is 0 Å². The Morgan fingerprint density at radius 3 is 2.32 bits per heavy atom. The van der Waals surface area contributed by atoms with Crippen LogP contribution in [0.25, 0.3) is 6.08 Å². The molecule has 5 heteroatoms. The monoisotopic (exact) mass is 392 g/mol. The second kappa shape index (κ2) is 8.95. The number of pyridine rings is 1. The van der Waals surface area contributed by atoms with Crippen molar-refractivity contribution in [2.24, 2.45) is 0 Å². The number of aromatic nitrogens is 1.